The van der Waals surface area contributed by atoms with Crippen molar-refractivity contribution >= 4 is 57.4 Å². The van der Waals surface area contributed by atoms with Gasteiger partial charge in [-0.15, -0.1) is 0 Å². The molecule has 6 heteroatoms. The summed E-state index contributed by atoms with van der Waals surface area (Å²) >= 11 is 0. The van der Waals surface area contributed by atoms with Crippen LogP contribution in [0.4, 0.5) is 17.2 Å². The molecule has 42 heavy (non-hydrogen) atoms. The predicted molar refractivity (Wildman–Crippen MR) is 180 cm³/mol. The number of para-hydroxylation sites is 1. The second-order valence-corrected chi connectivity index (χ2v) is 17.4. The zero-order chi connectivity index (χ0) is 29.2. The molecular formula is C36H37N5Si. The minimum Gasteiger partial charge on any atom is -0.340 e. The molecule has 7 rings (SSSR count). The Bertz CT molecular complexity index is 1950. The van der Waals surface area contributed by atoms with Crippen molar-refractivity contribution in [3.63, 3.8) is 0 Å². The van der Waals surface area contributed by atoms with E-state index in [0.29, 0.717) is 0 Å². The van der Waals surface area contributed by atoms with Crippen LogP contribution in [0.2, 0.25) is 13.1 Å². The Balaban J connectivity index is 1.41. The monoisotopic (exact) mass is 567 g/mol. The number of pyridine rings is 2. The summed E-state index contributed by atoms with van der Waals surface area (Å²) < 4.78 is 2.32. The predicted octanol–water partition coefficient (Wildman–Crippen LogP) is 7.24. The van der Waals surface area contributed by atoms with Gasteiger partial charge in [-0.3, -0.25) is 4.57 Å². The van der Waals surface area contributed by atoms with Crippen LogP contribution in [0.1, 0.15) is 26.3 Å². The second kappa shape index (κ2) is 9.56. The molecule has 0 saturated carbocycles. The van der Waals surface area contributed by atoms with E-state index in [0.717, 1.165) is 24.0 Å². The fourth-order valence-electron chi connectivity index (χ4n) is 6.29. The molecule has 0 aliphatic carbocycles. The smallest absolute Gasteiger partial charge is 0.153 e. The molecule has 0 N–H and O–H groups in total. The Morgan fingerprint density at radius 3 is 2.26 bits per heavy atom. The molecule has 0 spiro atoms. The van der Waals surface area contributed by atoms with Crippen molar-refractivity contribution in [2.24, 2.45) is 0 Å². The Morgan fingerprint density at radius 2 is 1.48 bits per heavy atom. The summed E-state index contributed by atoms with van der Waals surface area (Å²) in [5, 5.41) is 5.36. The summed E-state index contributed by atoms with van der Waals surface area (Å²) in [5.41, 5.74) is 6.18. The Labute approximate surface area is 249 Å². The average molecular weight is 568 g/mol. The zero-order valence-electron chi connectivity index (χ0n) is 25.3. The first kappa shape index (κ1) is 26.5. The van der Waals surface area contributed by atoms with Crippen LogP contribution >= 0.6 is 0 Å². The molecular weight excluding hydrogens is 531 g/mol. The van der Waals surface area contributed by atoms with Crippen LogP contribution in [-0.2, 0) is 5.41 Å². The molecule has 3 aromatic heterocycles. The first-order chi connectivity index (χ1) is 20.1. The van der Waals surface area contributed by atoms with E-state index in [-0.39, 0.29) is 5.41 Å². The zero-order valence-corrected chi connectivity index (χ0v) is 26.3. The van der Waals surface area contributed by atoms with Gasteiger partial charge in [-0.1, -0.05) is 86.7 Å². The standard InChI is InChI=1S/C36H37N5Si/c1-36(2,3)25-20-26(40-24-39(4)35-32(40)14-11-19-38-35)22-28(21-25)42(5,6)27-16-17-30-29-12-7-8-13-31(29)41(33(30)23-27)34-15-9-10-18-37-34/h7-23H,24H2,1-6H3. The number of benzene rings is 3. The summed E-state index contributed by atoms with van der Waals surface area (Å²) in [7, 11) is -0.0163. The van der Waals surface area contributed by atoms with Gasteiger partial charge < -0.3 is 9.80 Å². The highest BCUT2D eigenvalue weighted by atomic mass is 28.3. The van der Waals surface area contributed by atoms with Crippen LogP contribution in [0.15, 0.2) is 103 Å². The number of anilines is 3. The number of nitrogens with zero attached hydrogens (tertiary/aromatic N) is 5. The molecule has 0 unspecified atom stereocenters. The van der Waals surface area contributed by atoms with Gasteiger partial charge in [-0.05, 0) is 59.5 Å². The molecule has 0 atom stereocenters. The average Bonchev–Trinajstić information content (AvgIpc) is 3.51. The topological polar surface area (TPSA) is 37.2 Å². The van der Waals surface area contributed by atoms with E-state index in [1.807, 2.05) is 24.5 Å². The maximum absolute atomic E-state index is 4.75. The fourth-order valence-corrected chi connectivity index (χ4v) is 8.64. The Morgan fingerprint density at radius 1 is 0.714 bits per heavy atom. The van der Waals surface area contributed by atoms with Gasteiger partial charge in [0, 0.05) is 35.9 Å². The van der Waals surface area contributed by atoms with Crippen molar-refractivity contribution < 1.29 is 0 Å². The van der Waals surface area contributed by atoms with Gasteiger partial charge >= 0.3 is 0 Å². The van der Waals surface area contributed by atoms with E-state index in [2.05, 4.69) is 139 Å². The molecule has 0 bridgehead atoms. The number of fused-ring (bicyclic) bond motifs is 4. The third-order valence-corrected chi connectivity index (χ3v) is 12.3. The first-order valence-electron chi connectivity index (χ1n) is 14.7. The minimum atomic E-state index is -2.14. The van der Waals surface area contributed by atoms with Gasteiger partial charge in [0.15, 0.2) is 5.82 Å². The minimum absolute atomic E-state index is 0.0218. The van der Waals surface area contributed by atoms with Crippen LogP contribution in [0.5, 0.6) is 0 Å². The van der Waals surface area contributed by atoms with E-state index in [4.69, 9.17) is 4.98 Å². The number of hydrogen-bond donors (Lipinski definition) is 0. The van der Waals surface area contributed by atoms with Crippen molar-refractivity contribution in [2.45, 2.75) is 39.3 Å². The molecule has 210 valence electrons. The van der Waals surface area contributed by atoms with E-state index >= 15 is 0 Å². The maximum Gasteiger partial charge on any atom is 0.153 e. The largest absolute Gasteiger partial charge is 0.340 e. The van der Waals surface area contributed by atoms with Gasteiger partial charge in [0.25, 0.3) is 0 Å². The molecule has 0 radical (unpaired) electrons. The summed E-state index contributed by atoms with van der Waals surface area (Å²) in [6, 6.07) is 33.4. The van der Waals surface area contributed by atoms with Crippen molar-refractivity contribution in [1.82, 2.24) is 14.5 Å². The highest BCUT2D eigenvalue weighted by molar-refractivity contribution is 7.00. The van der Waals surface area contributed by atoms with Crippen LogP contribution in [0, 0.1) is 0 Å². The molecule has 0 amide bonds. The number of rotatable bonds is 4. The van der Waals surface area contributed by atoms with Crippen LogP contribution in [-0.4, -0.2) is 36.3 Å². The quantitative estimate of drug-likeness (QED) is 0.211. The summed E-state index contributed by atoms with van der Waals surface area (Å²) in [4.78, 5) is 14.1. The highest BCUT2D eigenvalue weighted by Gasteiger charge is 2.32. The van der Waals surface area contributed by atoms with Gasteiger partial charge in [0.1, 0.15) is 13.9 Å². The summed E-state index contributed by atoms with van der Waals surface area (Å²) in [6.45, 7) is 12.7. The van der Waals surface area contributed by atoms with Gasteiger partial charge in [0.05, 0.1) is 23.4 Å². The van der Waals surface area contributed by atoms with E-state index in [1.165, 1.54) is 43.4 Å². The van der Waals surface area contributed by atoms with Crippen LogP contribution < -0.4 is 20.2 Å². The summed E-state index contributed by atoms with van der Waals surface area (Å²) in [6.07, 6.45) is 3.76. The lowest BCUT2D eigenvalue weighted by atomic mass is 9.87. The second-order valence-electron chi connectivity index (χ2n) is 13.0. The van der Waals surface area contributed by atoms with E-state index in [9.17, 15) is 0 Å². The molecule has 0 fully saturated rings. The Kier molecular flexibility index (Phi) is 6.03. The number of aromatic nitrogens is 3. The highest BCUT2D eigenvalue weighted by Crippen LogP contribution is 2.39. The molecule has 1 aliphatic heterocycles. The molecule has 3 aromatic carbocycles. The van der Waals surface area contributed by atoms with Gasteiger partial charge in [0.2, 0.25) is 0 Å². The first-order valence-corrected chi connectivity index (χ1v) is 17.7. The van der Waals surface area contributed by atoms with Crippen molar-refractivity contribution in [3.8, 4) is 5.82 Å². The van der Waals surface area contributed by atoms with Gasteiger partial charge in [-0.2, -0.15) is 0 Å². The molecule has 1 aliphatic rings. The molecule has 0 saturated heterocycles. The Hall–Kier alpha value is -4.42. The van der Waals surface area contributed by atoms with Crippen LogP contribution in [0.3, 0.4) is 0 Å². The van der Waals surface area contributed by atoms with E-state index in [1.54, 1.807) is 0 Å². The molecule has 6 aromatic rings. The SMILES string of the molecule is CN1CN(c2cc(C(C)(C)C)cc([Si](C)(C)c3ccc4c5ccccc5n(-c5ccccn5)c4c3)c2)c2cccnc21. The summed E-state index contributed by atoms with van der Waals surface area (Å²) in [5.74, 6) is 1.98. The van der Waals surface area contributed by atoms with Crippen molar-refractivity contribution in [3.05, 3.63) is 109 Å². The van der Waals surface area contributed by atoms with Crippen molar-refractivity contribution in [2.75, 3.05) is 23.5 Å². The van der Waals surface area contributed by atoms with Gasteiger partial charge in [-0.25, -0.2) is 9.97 Å². The lowest BCUT2D eigenvalue weighted by molar-refractivity contribution is 0.590. The van der Waals surface area contributed by atoms with E-state index < -0.39 is 8.07 Å². The lowest BCUT2D eigenvalue weighted by Gasteiger charge is -2.30. The third-order valence-electron chi connectivity index (χ3n) is 8.86. The maximum atomic E-state index is 4.75. The van der Waals surface area contributed by atoms with Crippen LogP contribution in [0.25, 0.3) is 27.6 Å². The number of hydrogen-bond acceptors (Lipinski definition) is 4. The normalized spacial score (nSPS) is 13.8. The fraction of sp³-hybridized carbons (Fsp3) is 0.222. The molecule has 5 nitrogen and oxygen atoms in total. The van der Waals surface area contributed by atoms with Crippen molar-refractivity contribution in [1.29, 1.82) is 0 Å². The lowest BCUT2D eigenvalue weighted by Crippen LogP contribution is -2.53. The third kappa shape index (κ3) is 4.20. The molecule has 4 heterocycles.